The Morgan fingerprint density at radius 1 is 1.12 bits per heavy atom. The van der Waals surface area contributed by atoms with Gasteiger partial charge in [0.1, 0.15) is 0 Å². The van der Waals surface area contributed by atoms with Crippen LogP contribution in [0.5, 0.6) is 0 Å². The van der Waals surface area contributed by atoms with Gasteiger partial charge in [-0.25, -0.2) is 0 Å². The molecule has 3 N–H and O–H groups in total. The fraction of sp³-hybridized carbons (Fsp3) is 0.600. The van der Waals surface area contributed by atoms with Crippen LogP contribution in [0.15, 0.2) is 18.2 Å². The first kappa shape index (κ1) is 14.0. The lowest BCUT2D eigenvalue weighted by Gasteiger charge is -2.28. The minimum absolute atomic E-state index is 0.0682. The summed E-state index contributed by atoms with van der Waals surface area (Å²) in [6, 6.07) is 6.62. The van der Waals surface area contributed by atoms with E-state index in [1.165, 1.54) is 16.8 Å². The molecule has 0 heterocycles. The number of hydrogen-bond acceptors (Lipinski definition) is 2. The number of benzene rings is 1. The molecule has 0 atom stereocenters. The summed E-state index contributed by atoms with van der Waals surface area (Å²) in [5.74, 6) is 0. The number of nitrogens with two attached hydrogens (primary N) is 1. The van der Waals surface area contributed by atoms with Gasteiger partial charge in [0.05, 0.1) is 0 Å². The minimum Gasteiger partial charge on any atom is -0.379 e. The molecule has 1 rings (SSSR count). The third-order valence-corrected chi connectivity index (χ3v) is 3.09. The highest BCUT2D eigenvalue weighted by molar-refractivity contribution is 5.55. The molecule has 0 aliphatic carbocycles. The maximum Gasteiger partial charge on any atom is 0.0439 e. The van der Waals surface area contributed by atoms with E-state index in [2.05, 4.69) is 65.1 Å². The second-order valence-electron chi connectivity index (χ2n) is 6.49. The van der Waals surface area contributed by atoms with Gasteiger partial charge in [-0.2, -0.15) is 0 Å². The Kier molecular flexibility index (Phi) is 3.88. The van der Waals surface area contributed by atoms with E-state index >= 15 is 0 Å². The van der Waals surface area contributed by atoms with Crippen LogP contribution in [0.4, 0.5) is 5.69 Å². The third-order valence-electron chi connectivity index (χ3n) is 3.09. The SMILES string of the molecule is Cc1ccc(C(C)(C)C)cc1NC(C)(C)CN. The third kappa shape index (κ3) is 3.74. The van der Waals surface area contributed by atoms with Crippen molar-refractivity contribution in [3.63, 3.8) is 0 Å². The highest BCUT2D eigenvalue weighted by atomic mass is 15.0. The van der Waals surface area contributed by atoms with Crippen LogP contribution in [-0.4, -0.2) is 12.1 Å². The van der Waals surface area contributed by atoms with Crippen molar-refractivity contribution in [3.8, 4) is 0 Å². The molecule has 0 radical (unpaired) electrons. The van der Waals surface area contributed by atoms with Crippen LogP contribution >= 0.6 is 0 Å². The predicted molar refractivity (Wildman–Crippen MR) is 76.6 cm³/mol. The van der Waals surface area contributed by atoms with E-state index in [1.54, 1.807) is 0 Å². The lowest BCUT2D eigenvalue weighted by atomic mass is 9.86. The summed E-state index contributed by atoms with van der Waals surface area (Å²) in [5, 5.41) is 3.52. The Labute approximate surface area is 106 Å². The number of rotatable bonds is 3. The molecule has 2 heteroatoms. The Balaban J connectivity index is 3.08. The number of nitrogens with one attached hydrogen (secondary N) is 1. The second kappa shape index (κ2) is 4.69. The molecule has 0 aromatic heterocycles. The lowest BCUT2D eigenvalue weighted by Crippen LogP contribution is -2.39. The van der Waals surface area contributed by atoms with Gasteiger partial charge in [0.25, 0.3) is 0 Å². The summed E-state index contributed by atoms with van der Waals surface area (Å²) in [7, 11) is 0. The van der Waals surface area contributed by atoms with Crippen molar-refractivity contribution in [2.75, 3.05) is 11.9 Å². The van der Waals surface area contributed by atoms with E-state index in [-0.39, 0.29) is 11.0 Å². The van der Waals surface area contributed by atoms with Gasteiger partial charge in [0.2, 0.25) is 0 Å². The Hall–Kier alpha value is -1.02. The molecule has 96 valence electrons. The fourth-order valence-corrected chi connectivity index (χ4v) is 1.64. The smallest absolute Gasteiger partial charge is 0.0439 e. The normalized spacial score (nSPS) is 12.6. The van der Waals surface area contributed by atoms with Crippen LogP contribution in [0, 0.1) is 6.92 Å². The highest BCUT2D eigenvalue weighted by Crippen LogP contribution is 2.28. The van der Waals surface area contributed by atoms with E-state index in [0.29, 0.717) is 6.54 Å². The molecular weight excluding hydrogens is 208 g/mol. The van der Waals surface area contributed by atoms with Gasteiger partial charge in [0.15, 0.2) is 0 Å². The van der Waals surface area contributed by atoms with E-state index in [0.717, 1.165) is 0 Å². The van der Waals surface area contributed by atoms with Crippen LogP contribution in [0.25, 0.3) is 0 Å². The van der Waals surface area contributed by atoms with Crippen molar-refractivity contribution in [2.24, 2.45) is 5.73 Å². The van der Waals surface area contributed by atoms with Crippen molar-refractivity contribution in [1.82, 2.24) is 0 Å². The van der Waals surface area contributed by atoms with E-state index in [9.17, 15) is 0 Å². The number of aryl methyl sites for hydroxylation is 1. The summed E-state index contributed by atoms with van der Waals surface area (Å²) in [4.78, 5) is 0. The zero-order valence-electron chi connectivity index (χ0n) is 12.0. The molecule has 0 fully saturated rings. The largest absolute Gasteiger partial charge is 0.379 e. The van der Waals surface area contributed by atoms with Gasteiger partial charge in [-0.05, 0) is 43.4 Å². The maximum absolute atomic E-state index is 5.77. The van der Waals surface area contributed by atoms with Crippen molar-refractivity contribution < 1.29 is 0 Å². The Morgan fingerprint density at radius 3 is 2.18 bits per heavy atom. The Morgan fingerprint density at radius 2 is 1.71 bits per heavy atom. The van der Waals surface area contributed by atoms with Crippen LogP contribution in [0.1, 0.15) is 45.7 Å². The van der Waals surface area contributed by atoms with Gasteiger partial charge >= 0.3 is 0 Å². The minimum atomic E-state index is -0.0682. The molecule has 0 aliphatic rings. The van der Waals surface area contributed by atoms with E-state index in [1.807, 2.05) is 0 Å². The summed E-state index contributed by atoms with van der Waals surface area (Å²) < 4.78 is 0. The zero-order valence-corrected chi connectivity index (χ0v) is 12.0. The Bertz CT molecular complexity index is 386. The zero-order chi connectivity index (χ0) is 13.3. The van der Waals surface area contributed by atoms with Crippen molar-refractivity contribution in [3.05, 3.63) is 29.3 Å². The van der Waals surface area contributed by atoms with E-state index in [4.69, 9.17) is 5.73 Å². The highest BCUT2D eigenvalue weighted by Gasteiger charge is 2.18. The summed E-state index contributed by atoms with van der Waals surface area (Å²) in [5.41, 5.74) is 9.67. The van der Waals surface area contributed by atoms with Crippen LogP contribution in [0.3, 0.4) is 0 Å². The van der Waals surface area contributed by atoms with Crippen LogP contribution in [0.2, 0.25) is 0 Å². The summed E-state index contributed by atoms with van der Waals surface area (Å²) in [6.07, 6.45) is 0. The standard InChI is InChI=1S/C15H26N2/c1-11-7-8-12(14(2,3)4)9-13(11)17-15(5,6)10-16/h7-9,17H,10,16H2,1-6H3. The maximum atomic E-state index is 5.77. The number of hydrogen-bond donors (Lipinski definition) is 2. The molecule has 0 unspecified atom stereocenters. The molecule has 0 saturated carbocycles. The van der Waals surface area contributed by atoms with Crippen molar-refractivity contribution in [2.45, 2.75) is 52.5 Å². The fourth-order valence-electron chi connectivity index (χ4n) is 1.64. The molecule has 0 saturated heterocycles. The second-order valence-corrected chi connectivity index (χ2v) is 6.49. The first-order valence-corrected chi connectivity index (χ1v) is 6.25. The predicted octanol–water partition coefficient (Wildman–Crippen LogP) is 3.44. The first-order valence-electron chi connectivity index (χ1n) is 6.25. The molecule has 1 aromatic carbocycles. The molecule has 1 aromatic rings. The summed E-state index contributed by atoms with van der Waals surface area (Å²) in [6.45, 7) is 13.7. The number of anilines is 1. The van der Waals surface area contributed by atoms with Crippen molar-refractivity contribution >= 4 is 5.69 Å². The van der Waals surface area contributed by atoms with Gasteiger partial charge in [0, 0.05) is 17.8 Å². The summed E-state index contributed by atoms with van der Waals surface area (Å²) >= 11 is 0. The van der Waals surface area contributed by atoms with Crippen molar-refractivity contribution in [1.29, 1.82) is 0 Å². The van der Waals surface area contributed by atoms with Gasteiger partial charge in [-0.3, -0.25) is 0 Å². The van der Waals surface area contributed by atoms with Gasteiger partial charge in [-0.1, -0.05) is 32.9 Å². The van der Waals surface area contributed by atoms with Gasteiger partial charge in [-0.15, -0.1) is 0 Å². The quantitative estimate of drug-likeness (QED) is 0.840. The van der Waals surface area contributed by atoms with Crippen LogP contribution in [-0.2, 0) is 5.41 Å². The van der Waals surface area contributed by atoms with Crippen LogP contribution < -0.4 is 11.1 Å². The molecule has 2 nitrogen and oxygen atoms in total. The lowest BCUT2D eigenvalue weighted by molar-refractivity contribution is 0.575. The molecule has 0 bridgehead atoms. The first-order chi connectivity index (χ1) is 7.65. The monoisotopic (exact) mass is 234 g/mol. The topological polar surface area (TPSA) is 38.0 Å². The average Bonchev–Trinajstić information content (AvgIpc) is 2.19. The molecule has 17 heavy (non-hydrogen) atoms. The molecular formula is C15H26N2. The molecule has 0 spiro atoms. The van der Waals surface area contributed by atoms with E-state index < -0.39 is 0 Å². The molecule has 0 aliphatic heterocycles. The molecule has 0 amide bonds. The average molecular weight is 234 g/mol. The van der Waals surface area contributed by atoms with Gasteiger partial charge < -0.3 is 11.1 Å².